The van der Waals surface area contributed by atoms with Crippen LogP contribution in [0.5, 0.6) is 0 Å². The van der Waals surface area contributed by atoms with E-state index >= 15 is 0 Å². The summed E-state index contributed by atoms with van der Waals surface area (Å²) < 4.78 is 0. The Morgan fingerprint density at radius 3 is 2.68 bits per heavy atom. The van der Waals surface area contributed by atoms with Crippen molar-refractivity contribution in [1.82, 2.24) is 14.8 Å². The number of benzene rings is 1. The molecule has 0 saturated carbocycles. The zero-order valence-electron chi connectivity index (χ0n) is 15.3. The lowest BCUT2D eigenvalue weighted by Gasteiger charge is -2.33. The zero-order valence-corrected chi connectivity index (χ0v) is 16.9. The lowest BCUT2D eigenvalue weighted by Crippen LogP contribution is -2.40. The molecule has 1 N–H and O–H groups in total. The number of likely N-dealkylation sites (N-methyl/N-ethyl adjacent to an activating group) is 1. The van der Waals surface area contributed by atoms with Crippen LogP contribution < -0.4 is 5.32 Å². The highest BCUT2D eigenvalue weighted by atomic mass is 32.2. The SMILES string of the molecule is CSc1cccc(NC(=S)N(CCN(C)C)[C@H](C)c2cccnc2)c1. The standard InChI is InChI=1S/C19H26N4S2/c1-15(16-7-6-10-20-14-16)23(12-11-22(2)3)19(24)21-17-8-5-9-18(13-17)25-4/h5-10,13-15H,11-12H2,1-4H3,(H,21,24)/t15-/m1/s1. The van der Waals surface area contributed by atoms with Crippen LogP contribution in [-0.2, 0) is 0 Å². The van der Waals surface area contributed by atoms with Crippen molar-refractivity contribution in [3.05, 3.63) is 54.4 Å². The number of thioether (sulfide) groups is 1. The zero-order chi connectivity index (χ0) is 18.2. The molecule has 0 aliphatic carbocycles. The van der Waals surface area contributed by atoms with Gasteiger partial charge < -0.3 is 15.1 Å². The fourth-order valence-electron chi connectivity index (χ4n) is 2.48. The van der Waals surface area contributed by atoms with E-state index in [0.717, 1.165) is 29.5 Å². The highest BCUT2D eigenvalue weighted by Crippen LogP contribution is 2.23. The van der Waals surface area contributed by atoms with Gasteiger partial charge in [-0.05, 0) is 69.3 Å². The Morgan fingerprint density at radius 2 is 2.04 bits per heavy atom. The second-order valence-electron chi connectivity index (χ2n) is 6.12. The third-order valence-corrected chi connectivity index (χ3v) is 5.07. The molecule has 134 valence electrons. The van der Waals surface area contributed by atoms with Gasteiger partial charge in [0.15, 0.2) is 5.11 Å². The van der Waals surface area contributed by atoms with Gasteiger partial charge >= 0.3 is 0 Å². The molecule has 0 radical (unpaired) electrons. The highest BCUT2D eigenvalue weighted by molar-refractivity contribution is 7.98. The second kappa shape index (κ2) is 9.75. The number of nitrogens with one attached hydrogen (secondary N) is 1. The minimum absolute atomic E-state index is 0.150. The molecule has 1 aromatic heterocycles. The summed E-state index contributed by atoms with van der Waals surface area (Å²) in [5.74, 6) is 0. The Labute approximate surface area is 160 Å². The van der Waals surface area contributed by atoms with Crippen LogP contribution in [0.15, 0.2) is 53.7 Å². The molecular formula is C19H26N4S2. The summed E-state index contributed by atoms with van der Waals surface area (Å²) in [4.78, 5) is 9.85. The van der Waals surface area contributed by atoms with Gasteiger partial charge in [0.1, 0.15) is 0 Å². The first-order chi connectivity index (χ1) is 12.0. The molecule has 1 heterocycles. The number of aromatic nitrogens is 1. The molecular weight excluding hydrogens is 348 g/mol. The minimum atomic E-state index is 0.150. The molecule has 0 unspecified atom stereocenters. The largest absolute Gasteiger partial charge is 0.341 e. The van der Waals surface area contributed by atoms with Gasteiger partial charge in [0.25, 0.3) is 0 Å². The molecule has 0 aliphatic heterocycles. The van der Waals surface area contributed by atoms with Crippen molar-refractivity contribution < 1.29 is 0 Å². The van der Waals surface area contributed by atoms with Crippen LogP contribution in [0, 0.1) is 0 Å². The average Bonchev–Trinajstić information content (AvgIpc) is 2.62. The van der Waals surface area contributed by atoms with Crippen molar-refractivity contribution in [2.24, 2.45) is 0 Å². The third-order valence-electron chi connectivity index (χ3n) is 4.00. The second-order valence-corrected chi connectivity index (χ2v) is 7.39. The van der Waals surface area contributed by atoms with Crippen molar-refractivity contribution in [3.8, 4) is 0 Å². The van der Waals surface area contributed by atoms with Gasteiger partial charge in [0.2, 0.25) is 0 Å². The molecule has 0 saturated heterocycles. The molecule has 2 rings (SSSR count). The van der Waals surface area contributed by atoms with Crippen molar-refractivity contribution in [1.29, 1.82) is 0 Å². The van der Waals surface area contributed by atoms with Crippen LogP contribution in [0.4, 0.5) is 5.69 Å². The maximum Gasteiger partial charge on any atom is 0.173 e. The fourth-order valence-corrected chi connectivity index (χ4v) is 3.30. The Morgan fingerprint density at radius 1 is 1.24 bits per heavy atom. The predicted octanol–water partition coefficient (Wildman–Crippen LogP) is 4.13. The quantitative estimate of drug-likeness (QED) is 0.579. The van der Waals surface area contributed by atoms with Gasteiger partial charge in [-0.1, -0.05) is 12.1 Å². The van der Waals surface area contributed by atoms with Crippen LogP contribution in [0.25, 0.3) is 0 Å². The molecule has 0 fully saturated rings. The van der Waals surface area contributed by atoms with Crippen molar-refractivity contribution in [2.75, 3.05) is 38.8 Å². The Kier molecular flexibility index (Phi) is 7.68. The van der Waals surface area contributed by atoms with Crippen LogP contribution in [0.3, 0.4) is 0 Å². The van der Waals surface area contributed by atoms with E-state index in [1.807, 2.05) is 24.4 Å². The summed E-state index contributed by atoms with van der Waals surface area (Å²) >= 11 is 7.46. The van der Waals surface area contributed by atoms with Gasteiger partial charge in [-0.3, -0.25) is 4.98 Å². The Hall–Kier alpha value is -1.63. The number of hydrogen-bond donors (Lipinski definition) is 1. The maximum atomic E-state index is 5.73. The monoisotopic (exact) mass is 374 g/mol. The summed E-state index contributed by atoms with van der Waals surface area (Å²) in [6.07, 6.45) is 5.78. The average molecular weight is 375 g/mol. The molecule has 0 aliphatic rings. The topological polar surface area (TPSA) is 31.4 Å². The van der Waals surface area contributed by atoms with Crippen LogP contribution in [0.2, 0.25) is 0 Å². The smallest absolute Gasteiger partial charge is 0.173 e. The van der Waals surface area contributed by atoms with Gasteiger partial charge in [-0.15, -0.1) is 11.8 Å². The van der Waals surface area contributed by atoms with E-state index < -0.39 is 0 Å². The highest BCUT2D eigenvalue weighted by Gasteiger charge is 2.19. The predicted molar refractivity (Wildman–Crippen MR) is 112 cm³/mol. The summed E-state index contributed by atoms with van der Waals surface area (Å²) in [5, 5.41) is 4.13. The number of hydrogen-bond acceptors (Lipinski definition) is 4. The van der Waals surface area contributed by atoms with E-state index in [1.54, 1.807) is 18.0 Å². The number of thiocarbonyl (C=S) groups is 1. The minimum Gasteiger partial charge on any atom is -0.341 e. The van der Waals surface area contributed by atoms with E-state index in [1.165, 1.54) is 4.90 Å². The van der Waals surface area contributed by atoms with E-state index in [-0.39, 0.29) is 6.04 Å². The first-order valence-corrected chi connectivity index (χ1v) is 9.91. The summed E-state index contributed by atoms with van der Waals surface area (Å²) in [5.41, 5.74) is 2.17. The van der Waals surface area contributed by atoms with Crippen LogP contribution >= 0.6 is 24.0 Å². The molecule has 25 heavy (non-hydrogen) atoms. The van der Waals surface area contributed by atoms with Crippen molar-refractivity contribution >= 4 is 34.8 Å². The molecule has 0 spiro atoms. The Balaban J connectivity index is 2.17. The summed E-state index contributed by atoms with van der Waals surface area (Å²) in [6.45, 7) is 3.94. The lowest BCUT2D eigenvalue weighted by molar-refractivity contribution is 0.289. The molecule has 1 aromatic carbocycles. The summed E-state index contributed by atoms with van der Waals surface area (Å²) in [6, 6.07) is 12.5. The summed E-state index contributed by atoms with van der Waals surface area (Å²) in [7, 11) is 4.15. The molecule has 6 heteroatoms. The Bertz CT molecular complexity index is 676. The van der Waals surface area contributed by atoms with E-state index in [9.17, 15) is 0 Å². The molecule has 0 amide bonds. The fraction of sp³-hybridized carbons (Fsp3) is 0.368. The van der Waals surface area contributed by atoms with Crippen molar-refractivity contribution in [2.45, 2.75) is 17.9 Å². The van der Waals surface area contributed by atoms with Crippen molar-refractivity contribution in [3.63, 3.8) is 0 Å². The van der Waals surface area contributed by atoms with Gasteiger partial charge in [0, 0.05) is 36.1 Å². The normalized spacial score (nSPS) is 12.0. The molecule has 1 atom stereocenters. The van der Waals surface area contributed by atoms with E-state index in [4.69, 9.17) is 12.2 Å². The molecule has 2 aromatic rings. The number of anilines is 1. The number of rotatable bonds is 7. The van der Waals surface area contributed by atoms with E-state index in [0.29, 0.717) is 0 Å². The number of nitrogens with zero attached hydrogens (tertiary/aromatic N) is 3. The number of pyridine rings is 1. The van der Waals surface area contributed by atoms with Gasteiger partial charge in [-0.2, -0.15) is 0 Å². The van der Waals surface area contributed by atoms with Gasteiger partial charge in [0.05, 0.1) is 6.04 Å². The first-order valence-electron chi connectivity index (χ1n) is 8.27. The maximum absolute atomic E-state index is 5.73. The molecule has 4 nitrogen and oxygen atoms in total. The van der Waals surface area contributed by atoms with Crippen LogP contribution in [-0.4, -0.2) is 53.3 Å². The third kappa shape index (κ3) is 5.99. The van der Waals surface area contributed by atoms with E-state index in [2.05, 4.69) is 65.6 Å². The molecule has 0 bridgehead atoms. The van der Waals surface area contributed by atoms with Gasteiger partial charge in [-0.25, -0.2) is 0 Å². The van der Waals surface area contributed by atoms with Crippen LogP contribution in [0.1, 0.15) is 18.5 Å². The first kappa shape index (κ1) is 19.7. The lowest BCUT2D eigenvalue weighted by atomic mass is 10.1.